The molecule has 2 heterocycles. The third kappa shape index (κ3) is 10.8. The molecule has 8 heteroatoms. The number of benzene rings is 1. The van der Waals surface area contributed by atoms with Gasteiger partial charge in [-0.25, -0.2) is 14.8 Å². The Labute approximate surface area is 230 Å². The first-order valence-corrected chi connectivity index (χ1v) is 14.2. The quantitative estimate of drug-likeness (QED) is 0.198. The van der Waals surface area contributed by atoms with Gasteiger partial charge in [0.05, 0.1) is 12.6 Å². The first-order valence-electron chi connectivity index (χ1n) is 13.0. The molecule has 0 amide bonds. The molecule has 0 saturated carbocycles. The van der Waals surface area contributed by atoms with Crippen LogP contribution in [0.1, 0.15) is 87.6 Å². The van der Waals surface area contributed by atoms with Gasteiger partial charge in [0.15, 0.2) is 0 Å². The zero-order valence-corrected chi connectivity index (χ0v) is 24.0. The number of nitrogens with one attached hydrogen (secondary N) is 1. The van der Waals surface area contributed by atoms with Crippen molar-refractivity contribution in [3.63, 3.8) is 0 Å². The summed E-state index contributed by atoms with van der Waals surface area (Å²) < 4.78 is 5.18. The van der Waals surface area contributed by atoms with Gasteiger partial charge in [0.1, 0.15) is 22.1 Å². The summed E-state index contributed by atoms with van der Waals surface area (Å²) in [5.41, 5.74) is 1.16. The fourth-order valence-corrected chi connectivity index (χ4v) is 4.77. The van der Waals surface area contributed by atoms with E-state index in [4.69, 9.17) is 21.4 Å². The van der Waals surface area contributed by atoms with E-state index < -0.39 is 5.97 Å². The molecular formula is C29H40ClN3O3S. The zero-order valence-electron chi connectivity index (χ0n) is 22.4. The summed E-state index contributed by atoms with van der Waals surface area (Å²) in [6.45, 7) is 7.81. The van der Waals surface area contributed by atoms with Gasteiger partial charge < -0.3 is 15.2 Å². The van der Waals surface area contributed by atoms with Gasteiger partial charge >= 0.3 is 5.97 Å². The normalized spacial score (nSPS) is 11.1. The molecule has 2 N–H and O–H groups in total. The minimum absolute atomic E-state index is 0.0231. The Kier molecular flexibility index (Phi) is 13.6. The minimum atomic E-state index is -1.08. The van der Waals surface area contributed by atoms with Gasteiger partial charge in [-0.05, 0) is 51.1 Å². The maximum Gasteiger partial charge on any atom is 0.354 e. The summed E-state index contributed by atoms with van der Waals surface area (Å²) in [5.74, 6) is -0.580. The summed E-state index contributed by atoms with van der Waals surface area (Å²) in [7, 11) is 1.51. The largest absolute Gasteiger partial charge is 0.494 e. The van der Waals surface area contributed by atoms with Gasteiger partial charge in [-0.3, -0.25) is 0 Å². The number of thiazole rings is 1. The van der Waals surface area contributed by atoms with Crippen LogP contribution in [0.3, 0.4) is 0 Å². The van der Waals surface area contributed by atoms with Crippen LogP contribution >= 0.6 is 22.9 Å². The van der Waals surface area contributed by atoms with Crippen LogP contribution in [-0.4, -0.2) is 34.7 Å². The van der Waals surface area contributed by atoms with Crippen LogP contribution < -0.4 is 10.1 Å². The molecule has 0 saturated heterocycles. The second kappa shape index (κ2) is 16.4. The van der Waals surface area contributed by atoms with E-state index in [-0.39, 0.29) is 11.2 Å². The molecule has 0 spiro atoms. The van der Waals surface area contributed by atoms with Crippen molar-refractivity contribution in [1.29, 1.82) is 0 Å². The molecule has 0 aliphatic rings. The molecule has 3 rings (SSSR count). The standard InChI is InChI=1S/C16H30N2S.C13H10ClNO3/c1-4-5-6-7-8-9-10-11-12-18-16(2,3)15-17-13-14-19-15;1-18-11-6-5-10(13(16)17)15-12(11)8-3-2-4-9(14)7-8/h13-14,18H,4-12H2,1-3H3;2-7H,1H3,(H,16,17). The molecule has 37 heavy (non-hydrogen) atoms. The number of aromatic nitrogens is 2. The topological polar surface area (TPSA) is 84.3 Å². The van der Waals surface area contributed by atoms with Crippen molar-refractivity contribution < 1.29 is 14.6 Å². The number of hydrogen-bond acceptors (Lipinski definition) is 6. The number of pyridine rings is 1. The fraction of sp³-hybridized carbons (Fsp3) is 0.483. The van der Waals surface area contributed by atoms with Crippen LogP contribution in [0.2, 0.25) is 5.02 Å². The zero-order chi connectivity index (χ0) is 27.1. The average Bonchev–Trinajstić information content (AvgIpc) is 3.44. The van der Waals surface area contributed by atoms with Crippen LogP contribution in [0.15, 0.2) is 48.0 Å². The summed E-state index contributed by atoms with van der Waals surface area (Å²) in [6.07, 6.45) is 12.9. The third-order valence-electron chi connectivity index (χ3n) is 5.96. The highest BCUT2D eigenvalue weighted by Gasteiger charge is 2.21. The molecule has 2 aromatic heterocycles. The maximum absolute atomic E-state index is 10.9. The molecule has 0 aliphatic carbocycles. The second-order valence-electron chi connectivity index (χ2n) is 9.43. The molecule has 0 radical (unpaired) electrons. The van der Waals surface area contributed by atoms with E-state index in [1.807, 2.05) is 6.20 Å². The lowest BCUT2D eigenvalue weighted by Gasteiger charge is -2.23. The Hall–Kier alpha value is -2.48. The Balaban J connectivity index is 0.000000260. The molecule has 0 atom stereocenters. The van der Waals surface area contributed by atoms with Crippen LogP contribution in [0, 0.1) is 0 Å². The number of hydrogen-bond donors (Lipinski definition) is 2. The van der Waals surface area contributed by atoms with E-state index in [1.54, 1.807) is 41.7 Å². The number of carboxylic acid groups (broad SMARTS) is 1. The van der Waals surface area contributed by atoms with Gasteiger partial charge in [0, 0.05) is 22.2 Å². The van der Waals surface area contributed by atoms with E-state index in [1.165, 1.54) is 69.6 Å². The van der Waals surface area contributed by atoms with Gasteiger partial charge in [0.2, 0.25) is 0 Å². The monoisotopic (exact) mass is 545 g/mol. The first-order chi connectivity index (χ1) is 17.8. The Bertz CT molecular complexity index is 1070. The number of nitrogens with zero attached hydrogens (tertiary/aromatic N) is 2. The van der Waals surface area contributed by atoms with Crippen molar-refractivity contribution in [3.05, 3.63) is 63.7 Å². The van der Waals surface area contributed by atoms with Gasteiger partial charge in [-0.1, -0.05) is 75.6 Å². The number of carboxylic acids is 1. The van der Waals surface area contributed by atoms with Crippen LogP contribution in [-0.2, 0) is 5.54 Å². The van der Waals surface area contributed by atoms with E-state index in [0.717, 1.165) is 6.54 Å². The van der Waals surface area contributed by atoms with Crippen molar-refractivity contribution >= 4 is 28.9 Å². The molecule has 202 valence electrons. The number of unbranched alkanes of at least 4 members (excludes halogenated alkanes) is 7. The van der Waals surface area contributed by atoms with Gasteiger partial charge in [0.25, 0.3) is 0 Å². The number of ether oxygens (including phenoxy) is 1. The molecule has 0 aliphatic heterocycles. The minimum Gasteiger partial charge on any atom is -0.494 e. The molecule has 0 fully saturated rings. The summed E-state index contributed by atoms with van der Waals surface area (Å²) >= 11 is 7.64. The number of methoxy groups -OCH3 is 1. The van der Waals surface area contributed by atoms with Crippen molar-refractivity contribution in [2.75, 3.05) is 13.7 Å². The van der Waals surface area contributed by atoms with Crippen molar-refractivity contribution in [1.82, 2.24) is 15.3 Å². The van der Waals surface area contributed by atoms with E-state index in [2.05, 4.69) is 41.4 Å². The van der Waals surface area contributed by atoms with Crippen LogP contribution in [0.5, 0.6) is 5.75 Å². The molecule has 0 unspecified atom stereocenters. The van der Waals surface area contributed by atoms with Crippen molar-refractivity contribution in [3.8, 4) is 17.0 Å². The van der Waals surface area contributed by atoms with Crippen molar-refractivity contribution in [2.45, 2.75) is 77.7 Å². The molecule has 0 bridgehead atoms. The lowest BCUT2D eigenvalue weighted by atomic mass is 10.1. The number of aromatic carboxylic acids is 1. The maximum atomic E-state index is 10.9. The summed E-state index contributed by atoms with van der Waals surface area (Å²) in [4.78, 5) is 19.4. The SMILES string of the molecule is CCCCCCCCCCNC(C)(C)c1nccs1.COc1ccc(C(=O)O)nc1-c1cccc(Cl)c1. The predicted molar refractivity (Wildman–Crippen MR) is 154 cm³/mol. The first kappa shape index (κ1) is 30.7. The Morgan fingerprint density at radius 2 is 1.78 bits per heavy atom. The van der Waals surface area contributed by atoms with Gasteiger partial charge in [-0.15, -0.1) is 11.3 Å². The van der Waals surface area contributed by atoms with Crippen LogP contribution in [0.4, 0.5) is 0 Å². The Morgan fingerprint density at radius 1 is 1.08 bits per heavy atom. The highest BCUT2D eigenvalue weighted by Crippen LogP contribution is 2.29. The number of rotatable bonds is 14. The van der Waals surface area contributed by atoms with Gasteiger partial charge in [-0.2, -0.15) is 0 Å². The van der Waals surface area contributed by atoms with E-state index >= 15 is 0 Å². The number of halogens is 1. The Morgan fingerprint density at radius 3 is 2.38 bits per heavy atom. The smallest absolute Gasteiger partial charge is 0.354 e. The van der Waals surface area contributed by atoms with E-state index in [0.29, 0.717) is 22.0 Å². The molecule has 3 aromatic rings. The predicted octanol–water partition coefficient (Wildman–Crippen LogP) is 8.22. The lowest BCUT2D eigenvalue weighted by Crippen LogP contribution is -2.37. The third-order valence-corrected chi connectivity index (χ3v) is 7.29. The molecular weight excluding hydrogens is 506 g/mol. The average molecular weight is 546 g/mol. The second-order valence-corrected chi connectivity index (χ2v) is 10.8. The fourth-order valence-electron chi connectivity index (χ4n) is 3.84. The summed E-state index contributed by atoms with van der Waals surface area (Å²) in [5, 5.41) is 16.4. The number of carbonyl (C=O) groups is 1. The van der Waals surface area contributed by atoms with E-state index in [9.17, 15) is 4.79 Å². The molecule has 1 aromatic carbocycles. The van der Waals surface area contributed by atoms with Crippen LogP contribution in [0.25, 0.3) is 11.3 Å². The van der Waals surface area contributed by atoms with Crippen molar-refractivity contribution in [2.24, 2.45) is 0 Å². The summed E-state index contributed by atoms with van der Waals surface area (Å²) in [6, 6.07) is 9.98. The molecule has 6 nitrogen and oxygen atoms in total. The highest BCUT2D eigenvalue weighted by molar-refractivity contribution is 7.09. The lowest BCUT2D eigenvalue weighted by molar-refractivity contribution is 0.0690. The highest BCUT2D eigenvalue weighted by atomic mass is 35.5.